The summed E-state index contributed by atoms with van der Waals surface area (Å²) in [6, 6.07) is 6.37. The van der Waals surface area contributed by atoms with Crippen molar-refractivity contribution in [2.24, 2.45) is 5.73 Å². The van der Waals surface area contributed by atoms with Gasteiger partial charge in [0.05, 0.1) is 0 Å². The fourth-order valence-corrected chi connectivity index (χ4v) is 4.21. The molecule has 0 aromatic heterocycles. The molecule has 0 bridgehead atoms. The van der Waals surface area contributed by atoms with Crippen molar-refractivity contribution >= 4 is 27.7 Å². The Morgan fingerprint density at radius 1 is 1.25 bits per heavy atom. The average molecular weight is 300 g/mol. The standard InChI is InChI=1S/C13H18BrNS/c1-16-11-7-5-6-10(14)12(11)13(15)8-3-2-4-9-13/h5-7H,2-4,8-9,15H2,1H3. The Morgan fingerprint density at radius 3 is 2.56 bits per heavy atom. The molecule has 1 aliphatic carbocycles. The van der Waals surface area contributed by atoms with Crippen molar-refractivity contribution in [2.45, 2.75) is 42.5 Å². The van der Waals surface area contributed by atoms with Crippen molar-refractivity contribution in [3.05, 3.63) is 28.2 Å². The molecule has 0 saturated heterocycles. The summed E-state index contributed by atoms with van der Waals surface area (Å²) < 4.78 is 1.17. The molecule has 0 aliphatic heterocycles. The molecule has 0 atom stereocenters. The van der Waals surface area contributed by atoms with Crippen LogP contribution in [0.15, 0.2) is 27.6 Å². The van der Waals surface area contributed by atoms with Crippen LogP contribution in [0.5, 0.6) is 0 Å². The number of rotatable bonds is 2. The van der Waals surface area contributed by atoms with Gasteiger partial charge in [-0.3, -0.25) is 0 Å². The molecule has 88 valence electrons. The summed E-state index contributed by atoms with van der Waals surface area (Å²) in [7, 11) is 0. The monoisotopic (exact) mass is 299 g/mol. The molecule has 3 heteroatoms. The maximum atomic E-state index is 6.61. The zero-order valence-electron chi connectivity index (χ0n) is 9.63. The fourth-order valence-electron chi connectivity index (χ4n) is 2.59. The van der Waals surface area contributed by atoms with Gasteiger partial charge in [0.1, 0.15) is 0 Å². The van der Waals surface area contributed by atoms with Gasteiger partial charge in [-0.15, -0.1) is 11.8 Å². The smallest absolute Gasteiger partial charge is 0.0432 e. The lowest BCUT2D eigenvalue weighted by atomic mass is 9.77. The molecule has 2 rings (SSSR count). The quantitative estimate of drug-likeness (QED) is 0.825. The first-order valence-corrected chi connectivity index (χ1v) is 7.81. The molecule has 16 heavy (non-hydrogen) atoms. The minimum Gasteiger partial charge on any atom is -0.321 e. The van der Waals surface area contributed by atoms with Gasteiger partial charge in [-0.25, -0.2) is 0 Å². The highest BCUT2D eigenvalue weighted by molar-refractivity contribution is 9.10. The molecular formula is C13H18BrNS. The van der Waals surface area contributed by atoms with Crippen molar-refractivity contribution in [1.82, 2.24) is 0 Å². The van der Waals surface area contributed by atoms with Gasteiger partial charge in [-0.05, 0) is 36.8 Å². The van der Waals surface area contributed by atoms with E-state index in [1.807, 2.05) is 0 Å². The van der Waals surface area contributed by atoms with E-state index < -0.39 is 0 Å². The third-order valence-electron chi connectivity index (χ3n) is 3.44. The summed E-state index contributed by atoms with van der Waals surface area (Å²) in [6.07, 6.45) is 8.19. The van der Waals surface area contributed by atoms with Crippen molar-refractivity contribution in [3.63, 3.8) is 0 Å². The van der Waals surface area contributed by atoms with Crippen LogP contribution in [-0.4, -0.2) is 6.26 Å². The highest BCUT2D eigenvalue weighted by Gasteiger charge is 2.32. The van der Waals surface area contributed by atoms with E-state index in [9.17, 15) is 0 Å². The average Bonchev–Trinajstić information content (AvgIpc) is 2.29. The Hall–Kier alpha value is 0.01000. The van der Waals surface area contributed by atoms with Crippen LogP contribution in [0.25, 0.3) is 0 Å². The van der Waals surface area contributed by atoms with E-state index in [1.54, 1.807) is 11.8 Å². The second-order valence-electron chi connectivity index (χ2n) is 4.53. The van der Waals surface area contributed by atoms with E-state index >= 15 is 0 Å². The minimum absolute atomic E-state index is 0.114. The number of nitrogens with two attached hydrogens (primary N) is 1. The molecule has 0 unspecified atom stereocenters. The van der Waals surface area contributed by atoms with E-state index in [1.165, 1.54) is 34.2 Å². The third kappa shape index (κ3) is 2.31. The Labute approximate surface area is 110 Å². The molecule has 0 amide bonds. The second kappa shape index (κ2) is 5.11. The van der Waals surface area contributed by atoms with Crippen LogP contribution in [0.3, 0.4) is 0 Å². The molecule has 0 radical (unpaired) electrons. The molecule has 1 nitrogen and oxygen atoms in total. The third-order valence-corrected chi connectivity index (χ3v) is 4.88. The maximum absolute atomic E-state index is 6.61. The Bertz CT molecular complexity index is 372. The van der Waals surface area contributed by atoms with Crippen molar-refractivity contribution in [3.8, 4) is 0 Å². The number of hydrogen-bond donors (Lipinski definition) is 1. The van der Waals surface area contributed by atoms with Crippen LogP contribution in [0, 0.1) is 0 Å². The highest BCUT2D eigenvalue weighted by atomic mass is 79.9. The molecule has 1 aliphatic rings. The SMILES string of the molecule is CSc1cccc(Br)c1C1(N)CCCCC1. The summed E-state index contributed by atoms with van der Waals surface area (Å²) in [5.41, 5.74) is 7.82. The van der Waals surface area contributed by atoms with Crippen LogP contribution in [-0.2, 0) is 5.54 Å². The lowest BCUT2D eigenvalue weighted by molar-refractivity contribution is 0.297. The van der Waals surface area contributed by atoms with Gasteiger partial charge in [0.25, 0.3) is 0 Å². The molecular weight excluding hydrogens is 282 g/mol. The Kier molecular flexibility index (Phi) is 3.98. The maximum Gasteiger partial charge on any atom is 0.0432 e. The number of hydrogen-bond acceptors (Lipinski definition) is 2. The predicted molar refractivity (Wildman–Crippen MR) is 74.9 cm³/mol. The summed E-state index contributed by atoms with van der Waals surface area (Å²) in [6.45, 7) is 0. The minimum atomic E-state index is -0.114. The lowest BCUT2D eigenvalue weighted by Gasteiger charge is -2.36. The van der Waals surface area contributed by atoms with Crippen molar-refractivity contribution < 1.29 is 0 Å². The van der Waals surface area contributed by atoms with Crippen LogP contribution < -0.4 is 5.73 Å². The zero-order valence-corrected chi connectivity index (χ0v) is 12.0. The lowest BCUT2D eigenvalue weighted by Crippen LogP contribution is -2.39. The van der Waals surface area contributed by atoms with Gasteiger partial charge in [0.15, 0.2) is 0 Å². The summed E-state index contributed by atoms with van der Waals surface area (Å²) in [4.78, 5) is 1.32. The van der Waals surface area contributed by atoms with E-state index in [-0.39, 0.29) is 5.54 Å². The molecule has 1 aromatic rings. The topological polar surface area (TPSA) is 26.0 Å². The zero-order chi connectivity index (χ0) is 11.6. The molecule has 1 aromatic carbocycles. The number of halogens is 1. The molecule has 2 N–H and O–H groups in total. The van der Waals surface area contributed by atoms with Crippen molar-refractivity contribution in [2.75, 3.05) is 6.26 Å². The van der Waals surface area contributed by atoms with Gasteiger partial charge in [-0.1, -0.05) is 41.3 Å². The van der Waals surface area contributed by atoms with Crippen LogP contribution in [0.1, 0.15) is 37.7 Å². The molecule has 0 heterocycles. The van der Waals surface area contributed by atoms with Gasteiger partial charge in [0.2, 0.25) is 0 Å². The van der Waals surface area contributed by atoms with E-state index in [0.717, 1.165) is 12.8 Å². The normalized spacial score (nSPS) is 19.7. The summed E-state index contributed by atoms with van der Waals surface area (Å²) >= 11 is 5.46. The first-order chi connectivity index (χ1) is 7.67. The van der Waals surface area contributed by atoms with Crippen molar-refractivity contribution in [1.29, 1.82) is 0 Å². The number of benzene rings is 1. The highest BCUT2D eigenvalue weighted by Crippen LogP contribution is 2.42. The number of thioether (sulfide) groups is 1. The largest absolute Gasteiger partial charge is 0.321 e. The van der Waals surface area contributed by atoms with E-state index in [4.69, 9.17) is 5.73 Å². The van der Waals surface area contributed by atoms with Crippen LogP contribution in [0.2, 0.25) is 0 Å². The van der Waals surface area contributed by atoms with E-state index in [2.05, 4.69) is 40.4 Å². The predicted octanol–water partition coefficient (Wildman–Crippen LogP) is 4.29. The Morgan fingerprint density at radius 2 is 1.94 bits per heavy atom. The van der Waals surface area contributed by atoms with Gasteiger partial charge >= 0.3 is 0 Å². The molecule has 1 saturated carbocycles. The van der Waals surface area contributed by atoms with Crippen LogP contribution >= 0.6 is 27.7 Å². The Balaban J connectivity index is 2.44. The summed E-state index contributed by atoms with van der Waals surface area (Å²) in [5, 5.41) is 0. The molecule has 0 spiro atoms. The second-order valence-corrected chi connectivity index (χ2v) is 6.24. The first kappa shape index (κ1) is 12.5. The first-order valence-electron chi connectivity index (χ1n) is 5.79. The van der Waals surface area contributed by atoms with Gasteiger partial charge < -0.3 is 5.73 Å². The summed E-state index contributed by atoms with van der Waals surface area (Å²) in [5.74, 6) is 0. The van der Waals surface area contributed by atoms with E-state index in [0.29, 0.717) is 0 Å². The fraction of sp³-hybridized carbons (Fsp3) is 0.538. The van der Waals surface area contributed by atoms with Gasteiger partial charge in [0, 0.05) is 14.9 Å². The molecule has 1 fully saturated rings. The van der Waals surface area contributed by atoms with Gasteiger partial charge in [-0.2, -0.15) is 0 Å². The van der Waals surface area contributed by atoms with Crippen LogP contribution in [0.4, 0.5) is 0 Å².